The first-order chi connectivity index (χ1) is 7.63. The maximum atomic E-state index is 13.6. The van der Waals surface area contributed by atoms with E-state index in [1.807, 2.05) is 0 Å². The van der Waals surface area contributed by atoms with Gasteiger partial charge in [0.25, 0.3) is 0 Å². The van der Waals surface area contributed by atoms with Gasteiger partial charge in [-0.3, -0.25) is 4.39 Å². The summed E-state index contributed by atoms with van der Waals surface area (Å²) in [6, 6.07) is 1.95. The summed E-state index contributed by atoms with van der Waals surface area (Å²) in [4.78, 5) is 0. The molecule has 17 heavy (non-hydrogen) atoms. The van der Waals surface area contributed by atoms with E-state index >= 15 is 0 Å². The molecule has 1 aromatic rings. The van der Waals surface area contributed by atoms with E-state index in [0.29, 0.717) is 5.75 Å². The van der Waals surface area contributed by atoms with Gasteiger partial charge >= 0.3 is 0 Å². The Balaban J connectivity index is 0.00000256. The minimum Gasteiger partial charge on any atom is -0.493 e. The molecule has 98 valence electrons. The van der Waals surface area contributed by atoms with Crippen molar-refractivity contribution < 1.29 is 18.3 Å². The molecule has 0 unspecified atom stereocenters. The molecular weight excluding hydrogens is 252 g/mol. The second-order valence-electron chi connectivity index (χ2n) is 3.31. The second-order valence-corrected chi connectivity index (χ2v) is 3.31. The highest BCUT2D eigenvalue weighted by atomic mass is 35.5. The van der Waals surface area contributed by atoms with Crippen LogP contribution in [0.1, 0.15) is 18.0 Å². The molecule has 3 nitrogen and oxygen atoms in total. The van der Waals surface area contributed by atoms with Crippen LogP contribution < -0.4 is 15.2 Å². The van der Waals surface area contributed by atoms with Crippen molar-refractivity contribution in [2.75, 3.05) is 20.9 Å². The summed E-state index contributed by atoms with van der Waals surface area (Å²) in [6.45, 7) is -0.588. The molecule has 1 atom stereocenters. The highest BCUT2D eigenvalue weighted by Gasteiger charge is 2.16. The highest BCUT2D eigenvalue weighted by Crippen LogP contribution is 2.32. The number of benzene rings is 1. The van der Waals surface area contributed by atoms with E-state index in [1.165, 1.54) is 26.4 Å². The van der Waals surface area contributed by atoms with Gasteiger partial charge in [-0.1, -0.05) is 0 Å². The van der Waals surface area contributed by atoms with Gasteiger partial charge in [-0.05, 0) is 12.5 Å². The molecule has 0 radical (unpaired) electrons. The van der Waals surface area contributed by atoms with E-state index in [0.717, 1.165) is 0 Å². The number of ether oxygens (including phenoxy) is 2. The fourth-order valence-corrected chi connectivity index (χ4v) is 1.43. The smallest absolute Gasteiger partial charge is 0.163 e. The van der Waals surface area contributed by atoms with Crippen molar-refractivity contribution in [2.45, 2.75) is 12.5 Å². The van der Waals surface area contributed by atoms with Crippen LogP contribution in [0.5, 0.6) is 11.5 Å². The summed E-state index contributed by atoms with van der Waals surface area (Å²) in [7, 11) is 2.86. The van der Waals surface area contributed by atoms with Crippen LogP contribution in [0.15, 0.2) is 12.1 Å². The summed E-state index contributed by atoms with van der Waals surface area (Å²) in [5.74, 6) is 0.156. The number of nitrogens with two attached hydrogens (primary N) is 1. The molecule has 1 rings (SSSR count). The Hall–Kier alpha value is -1.07. The van der Waals surface area contributed by atoms with Crippen molar-refractivity contribution in [1.29, 1.82) is 0 Å². The Kier molecular flexibility index (Phi) is 6.83. The van der Waals surface area contributed by atoms with Gasteiger partial charge in [0.2, 0.25) is 0 Å². The lowest BCUT2D eigenvalue weighted by Gasteiger charge is -2.14. The number of alkyl halides is 1. The molecular formula is C11H16ClF2NO2. The van der Waals surface area contributed by atoms with E-state index in [4.69, 9.17) is 15.2 Å². The zero-order chi connectivity index (χ0) is 12.1. The fraction of sp³-hybridized carbons (Fsp3) is 0.455. The average molecular weight is 268 g/mol. The van der Waals surface area contributed by atoms with Crippen LogP contribution in [0.2, 0.25) is 0 Å². The molecule has 0 heterocycles. The largest absolute Gasteiger partial charge is 0.493 e. The lowest BCUT2D eigenvalue weighted by atomic mass is 10.0. The molecule has 0 bridgehead atoms. The van der Waals surface area contributed by atoms with Crippen LogP contribution in [0.3, 0.4) is 0 Å². The van der Waals surface area contributed by atoms with Gasteiger partial charge in [0.15, 0.2) is 11.5 Å². The Bertz CT molecular complexity index is 364. The van der Waals surface area contributed by atoms with E-state index in [9.17, 15) is 8.78 Å². The molecule has 0 amide bonds. The van der Waals surface area contributed by atoms with Crippen molar-refractivity contribution >= 4 is 12.4 Å². The van der Waals surface area contributed by atoms with Gasteiger partial charge < -0.3 is 15.2 Å². The first-order valence-electron chi connectivity index (χ1n) is 4.87. The third-order valence-corrected chi connectivity index (χ3v) is 2.32. The zero-order valence-electron chi connectivity index (χ0n) is 9.70. The summed E-state index contributed by atoms with van der Waals surface area (Å²) in [6.07, 6.45) is 0.0758. The van der Waals surface area contributed by atoms with Crippen LogP contribution in [0, 0.1) is 5.82 Å². The Morgan fingerprint density at radius 2 is 1.76 bits per heavy atom. The predicted molar refractivity (Wildman–Crippen MR) is 64.3 cm³/mol. The Morgan fingerprint density at radius 1 is 1.24 bits per heavy atom. The average Bonchev–Trinajstić information content (AvgIpc) is 2.28. The molecule has 0 aliphatic heterocycles. The third-order valence-electron chi connectivity index (χ3n) is 2.32. The summed E-state index contributed by atoms with van der Waals surface area (Å²) >= 11 is 0. The van der Waals surface area contributed by atoms with Crippen LogP contribution >= 0.6 is 12.4 Å². The molecule has 0 fully saturated rings. The van der Waals surface area contributed by atoms with E-state index in [1.54, 1.807) is 0 Å². The van der Waals surface area contributed by atoms with Crippen LogP contribution in [0.4, 0.5) is 8.78 Å². The second kappa shape index (κ2) is 7.29. The van der Waals surface area contributed by atoms with E-state index < -0.39 is 18.5 Å². The molecule has 2 N–H and O–H groups in total. The number of hydrogen-bond acceptors (Lipinski definition) is 3. The van der Waals surface area contributed by atoms with Gasteiger partial charge in [-0.25, -0.2) is 4.39 Å². The number of hydrogen-bond donors (Lipinski definition) is 1. The van der Waals surface area contributed by atoms with Gasteiger partial charge in [-0.15, -0.1) is 12.4 Å². The summed E-state index contributed by atoms with van der Waals surface area (Å²) in [5, 5.41) is 0. The monoisotopic (exact) mass is 267 g/mol. The van der Waals surface area contributed by atoms with Crippen LogP contribution in [0.25, 0.3) is 0 Å². The lowest BCUT2D eigenvalue weighted by Crippen LogP contribution is -2.13. The summed E-state index contributed by atoms with van der Waals surface area (Å²) < 4.78 is 35.7. The van der Waals surface area contributed by atoms with Gasteiger partial charge in [0.1, 0.15) is 5.82 Å². The maximum absolute atomic E-state index is 13.6. The van der Waals surface area contributed by atoms with Gasteiger partial charge in [0, 0.05) is 17.7 Å². The first-order valence-corrected chi connectivity index (χ1v) is 4.87. The molecule has 0 saturated carbocycles. The molecule has 0 spiro atoms. The van der Waals surface area contributed by atoms with E-state index in [2.05, 4.69) is 0 Å². The first kappa shape index (κ1) is 15.9. The number of halogens is 3. The van der Waals surface area contributed by atoms with Crippen molar-refractivity contribution in [3.63, 3.8) is 0 Å². The fourth-order valence-electron chi connectivity index (χ4n) is 1.43. The SMILES string of the molecule is COc1cc(F)c([C@@H](N)CCF)cc1OC.Cl. The van der Waals surface area contributed by atoms with Crippen LogP contribution in [-0.2, 0) is 0 Å². The molecule has 1 aromatic carbocycles. The van der Waals surface area contributed by atoms with Crippen molar-refractivity contribution in [3.05, 3.63) is 23.5 Å². The molecule has 0 saturated heterocycles. The zero-order valence-corrected chi connectivity index (χ0v) is 10.5. The standard InChI is InChI=1S/C11H15F2NO2.ClH/c1-15-10-5-7(9(14)3-4-12)8(13)6-11(10)16-2;/h5-6,9H,3-4,14H2,1-2H3;1H/t9-;/m0./s1. The minimum absolute atomic E-state index is 0. The Labute approximate surface area is 105 Å². The summed E-state index contributed by atoms with van der Waals surface area (Å²) in [5.41, 5.74) is 5.88. The van der Waals surface area contributed by atoms with Gasteiger partial charge in [0.05, 0.1) is 20.9 Å². The highest BCUT2D eigenvalue weighted by molar-refractivity contribution is 5.85. The van der Waals surface area contributed by atoms with E-state index in [-0.39, 0.29) is 30.1 Å². The van der Waals surface area contributed by atoms with Crippen LogP contribution in [-0.4, -0.2) is 20.9 Å². The van der Waals surface area contributed by atoms with Crippen molar-refractivity contribution in [3.8, 4) is 11.5 Å². The number of methoxy groups -OCH3 is 2. The Morgan fingerprint density at radius 3 is 2.24 bits per heavy atom. The third kappa shape index (κ3) is 3.71. The lowest BCUT2D eigenvalue weighted by molar-refractivity contribution is 0.350. The molecule has 0 aliphatic rings. The molecule has 0 aliphatic carbocycles. The van der Waals surface area contributed by atoms with Crippen molar-refractivity contribution in [1.82, 2.24) is 0 Å². The molecule has 6 heteroatoms. The quantitative estimate of drug-likeness (QED) is 0.892. The predicted octanol–water partition coefficient (Wildman–Crippen LogP) is 2.62. The number of rotatable bonds is 5. The molecule has 0 aromatic heterocycles. The van der Waals surface area contributed by atoms with Crippen molar-refractivity contribution in [2.24, 2.45) is 5.73 Å². The maximum Gasteiger partial charge on any atom is 0.163 e. The normalized spacial score (nSPS) is 11.6. The minimum atomic E-state index is -0.676. The van der Waals surface area contributed by atoms with Gasteiger partial charge in [-0.2, -0.15) is 0 Å². The topological polar surface area (TPSA) is 44.5 Å².